The Morgan fingerprint density at radius 1 is 0.455 bits per heavy atom. The van der Waals surface area contributed by atoms with Gasteiger partial charge >= 0.3 is 53.4 Å². The van der Waals surface area contributed by atoms with E-state index >= 15 is 0 Å². The summed E-state index contributed by atoms with van der Waals surface area (Å²) in [6.45, 7) is 0.617. The first kappa shape index (κ1) is 33.0. The summed E-state index contributed by atoms with van der Waals surface area (Å²) in [4.78, 5) is 0. The fourth-order valence-electron chi connectivity index (χ4n) is 2.17. The van der Waals surface area contributed by atoms with E-state index in [0.717, 1.165) is 0 Å². The summed E-state index contributed by atoms with van der Waals surface area (Å²) in [5.74, 6) is -61.0. The summed E-state index contributed by atoms with van der Waals surface area (Å²) >= 11 is 15.1. The Bertz CT molecular complexity index is 688. The molecule has 0 heterocycles. The Hall–Kier alpha value is -0.0331. The highest BCUT2D eigenvalue weighted by molar-refractivity contribution is 7.64. The molecule has 0 aromatic heterocycles. The molecule has 0 atom stereocenters. The van der Waals surface area contributed by atoms with E-state index in [1.165, 1.54) is 0 Å². The fourth-order valence-corrected chi connectivity index (χ4v) is 3.62. The standard InChI is InChI=1S/C13H11Cl3F16Si/c1-2-3-6(17,18)8(21,22)10(25,26)12(29,30)13(31,32)11(27,28)9(23,24)7(19,20)4-5-33(14,15)16/h2-5H2,1H3. The lowest BCUT2D eigenvalue weighted by atomic mass is 9.86. The maximum Gasteiger partial charge on any atom is 0.384 e. The highest BCUT2D eigenvalue weighted by atomic mass is 35.8. The molecule has 0 bridgehead atoms. The molecule has 0 aliphatic carbocycles. The predicted octanol–water partition coefficient (Wildman–Crippen LogP) is 8.91. The fraction of sp³-hybridized carbons (Fsp3) is 1.00. The summed E-state index contributed by atoms with van der Waals surface area (Å²) in [6.07, 6.45) is -6.17. The van der Waals surface area contributed by atoms with Crippen LogP contribution in [-0.2, 0) is 0 Å². The Morgan fingerprint density at radius 2 is 0.697 bits per heavy atom. The summed E-state index contributed by atoms with van der Waals surface area (Å²) in [7, 11) is 0. The zero-order valence-electron chi connectivity index (χ0n) is 15.5. The van der Waals surface area contributed by atoms with Crippen molar-refractivity contribution >= 4 is 39.2 Å². The van der Waals surface area contributed by atoms with Gasteiger partial charge < -0.3 is 0 Å². The lowest BCUT2D eigenvalue weighted by molar-refractivity contribution is -0.453. The third-order valence-corrected chi connectivity index (χ3v) is 6.69. The SMILES string of the molecule is CCCC(F)(F)C(F)(F)C(F)(F)C(F)(F)C(F)(F)C(F)(F)C(F)(F)C(F)(F)CC[Si](Cl)(Cl)Cl. The molecule has 0 aromatic carbocycles. The second kappa shape index (κ2) is 9.12. The van der Waals surface area contributed by atoms with Crippen LogP contribution in [0, 0.1) is 0 Å². The molecule has 33 heavy (non-hydrogen) atoms. The van der Waals surface area contributed by atoms with E-state index in [1.807, 2.05) is 0 Å². The molecule has 0 N–H and O–H groups in total. The van der Waals surface area contributed by atoms with Crippen LogP contribution in [0.3, 0.4) is 0 Å². The van der Waals surface area contributed by atoms with Crippen LogP contribution in [0.1, 0.15) is 26.2 Å². The van der Waals surface area contributed by atoms with Gasteiger partial charge in [0.2, 0.25) is 0 Å². The smallest absolute Gasteiger partial charge is 0.200 e. The Balaban J connectivity index is 6.62. The summed E-state index contributed by atoms with van der Waals surface area (Å²) in [5.41, 5.74) is 0. The number of rotatable bonds is 12. The van der Waals surface area contributed by atoms with Crippen molar-refractivity contribution in [3.05, 3.63) is 0 Å². The quantitative estimate of drug-likeness (QED) is 0.118. The molecule has 0 spiro atoms. The molecule has 0 radical (unpaired) electrons. The molecule has 0 aliphatic heterocycles. The van der Waals surface area contributed by atoms with Crippen molar-refractivity contribution in [1.29, 1.82) is 0 Å². The molecular formula is C13H11Cl3F16Si. The minimum absolute atomic E-state index is 0.617. The van der Waals surface area contributed by atoms with Gasteiger partial charge in [-0.15, -0.1) is 33.2 Å². The number of halogens is 19. The molecule has 0 saturated carbocycles. The average Bonchev–Trinajstić information content (AvgIpc) is 2.58. The molecule has 0 aromatic rings. The molecule has 20 heteroatoms. The van der Waals surface area contributed by atoms with Gasteiger partial charge in [-0.05, 0) is 6.04 Å². The highest BCUT2D eigenvalue weighted by Crippen LogP contribution is 2.64. The van der Waals surface area contributed by atoms with Crippen LogP contribution >= 0.6 is 33.2 Å². The van der Waals surface area contributed by atoms with Crippen LogP contribution < -0.4 is 0 Å². The molecule has 0 fully saturated rings. The van der Waals surface area contributed by atoms with E-state index in [0.29, 0.717) is 6.92 Å². The van der Waals surface area contributed by atoms with Gasteiger partial charge in [0.15, 0.2) is 0 Å². The average molecular weight is 606 g/mol. The summed E-state index contributed by atoms with van der Waals surface area (Å²) in [5, 5.41) is 0. The normalized spacial score (nSPS) is 16.4. The third-order valence-electron chi connectivity index (χ3n) is 4.18. The lowest BCUT2D eigenvalue weighted by Crippen LogP contribution is -2.74. The van der Waals surface area contributed by atoms with Crippen LogP contribution in [0.4, 0.5) is 70.2 Å². The molecule has 0 nitrogen and oxygen atoms in total. The van der Waals surface area contributed by atoms with Gasteiger partial charge in [-0.3, -0.25) is 0 Å². The van der Waals surface area contributed by atoms with Crippen molar-refractivity contribution in [3.63, 3.8) is 0 Å². The van der Waals surface area contributed by atoms with Gasteiger partial charge in [0.1, 0.15) is 0 Å². The number of hydrogen-bond acceptors (Lipinski definition) is 0. The lowest BCUT2D eigenvalue weighted by Gasteiger charge is -2.43. The third kappa shape index (κ3) is 5.25. The van der Waals surface area contributed by atoms with E-state index in [4.69, 9.17) is 33.2 Å². The van der Waals surface area contributed by atoms with Gasteiger partial charge in [-0.2, -0.15) is 70.2 Å². The number of alkyl halides is 16. The van der Waals surface area contributed by atoms with E-state index in [1.54, 1.807) is 0 Å². The Labute approximate surface area is 189 Å². The van der Waals surface area contributed by atoms with E-state index in [9.17, 15) is 70.2 Å². The first-order chi connectivity index (χ1) is 14.0. The van der Waals surface area contributed by atoms with E-state index in [2.05, 4.69) is 0 Å². The maximum absolute atomic E-state index is 13.6. The van der Waals surface area contributed by atoms with Gasteiger partial charge in [0, 0.05) is 12.8 Å². The van der Waals surface area contributed by atoms with Crippen LogP contribution in [-0.4, -0.2) is 53.4 Å². The zero-order valence-corrected chi connectivity index (χ0v) is 18.8. The molecule has 0 unspecified atom stereocenters. The molecular weight excluding hydrogens is 595 g/mol. The van der Waals surface area contributed by atoms with Crippen molar-refractivity contribution in [2.75, 3.05) is 0 Å². The Kier molecular flexibility index (Phi) is 9.11. The van der Waals surface area contributed by atoms with Gasteiger partial charge in [0.25, 0.3) is 0 Å². The van der Waals surface area contributed by atoms with E-state index < -0.39 is 78.7 Å². The minimum atomic E-state index is -8.43. The molecule has 0 saturated heterocycles. The first-order valence-corrected chi connectivity index (χ1v) is 13.4. The maximum atomic E-state index is 13.6. The summed E-state index contributed by atoms with van der Waals surface area (Å²) < 4.78 is 217. The van der Waals surface area contributed by atoms with Gasteiger partial charge in [-0.1, -0.05) is 13.3 Å². The van der Waals surface area contributed by atoms with Crippen molar-refractivity contribution in [2.24, 2.45) is 0 Å². The monoisotopic (exact) mass is 604 g/mol. The highest BCUT2D eigenvalue weighted by Gasteiger charge is 2.94. The van der Waals surface area contributed by atoms with Crippen molar-refractivity contribution in [1.82, 2.24) is 0 Å². The van der Waals surface area contributed by atoms with Gasteiger partial charge in [0.05, 0.1) is 0 Å². The van der Waals surface area contributed by atoms with Crippen molar-refractivity contribution in [2.45, 2.75) is 79.6 Å². The second-order valence-electron chi connectivity index (χ2n) is 6.72. The van der Waals surface area contributed by atoms with E-state index in [-0.39, 0.29) is 0 Å². The predicted molar refractivity (Wildman–Crippen MR) is 87.2 cm³/mol. The van der Waals surface area contributed by atoms with Crippen LogP contribution in [0.2, 0.25) is 6.04 Å². The van der Waals surface area contributed by atoms with Gasteiger partial charge in [-0.25, -0.2) is 0 Å². The number of hydrogen-bond donors (Lipinski definition) is 0. The largest absolute Gasteiger partial charge is 0.384 e. The summed E-state index contributed by atoms with van der Waals surface area (Å²) in [6, 6.07) is -6.01. The topological polar surface area (TPSA) is 0 Å². The van der Waals surface area contributed by atoms with Crippen molar-refractivity contribution < 1.29 is 70.2 Å². The molecule has 0 aliphatic rings. The minimum Gasteiger partial charge on any atom is -0.200 e. The second-order valence-corrected chi connectivity index (χ2v) is 16.0. The zero-order chi connectivity index (χ0) is 27.3. The Morgan fingerprint density at radius 3 is 0.939 bits per heavy atom. The van der Waals surface area contributed by atoms with Crippen LogP contribution in [0.15, 0.2) is 0 Å². The molecule has 0 amide bonds. The molecule has 0 rings (SSSR count). The first-order valence-electron chi connectivity index (χ1n) is 8.11. The van der Waals surface area contributed by atoms with Crippen LogP contribution in [0.25, 0.3) is 0 Å². The van der Waals surface area contributed by atoms with Crippen LogP contribution in [0.5, 0.6) is 0 Å². The van der Waals surface area contributed by atoms with Crippen molar-refractivity contribution in [3.8, 4) is 0 Å². The molecule has 200 valence electrons.